The quantitative estimate of drug-likeness (QED) is 0.715. The Bertz CT molecular complexity index is 959. The van der Waals surface area contributed by atoms with Gasteiger partial charge in [0.15, 0.2) is 5.82 Å². The van der Waals surface area contributed by atoms with Crippen molar-refractivity contribution in [2.24, 2.45) is 5.73 Å². The molecule has 0 amide bonds. The predicted octanol–water partition coefficient (Wildman–Crippen LogP) is 3.04. The number of nitrogens with zero attached hydrogens (tertiary/aromatic N) is 5. The van der Waals surface area contributed by atoms with Crippen molar-refractivity contribution in [3.8, 4) is 28.4 Å². The summed E-state index contributed by atoms with van der Waals surface area (Å²) < 4.78 is 5.94. The Morgan fingerprint density at radius 1 is 1.23 bits per heavy atom. The van der Waals surface area contributed by atoms with Gasteiger partial charge in [-0.15, -0.1) is 5.10 Å². The first-order chi connectivity index (χ1) is 12.8. The van der Waals surface area contributed by atoms with Crippen LogP contribution in [0.4, 0.5) is 0 Å². The SMILES string of the molecule is N#Cc1ccc(-c2ncc(CCN)cn2)c(Oc2nnc(C3CC3)s2)c1. The molecule has 1 saturated carbocycles. The van der Waals surface area contributed by atoms with E-state index in [1.165, 1.54) is 11.3 Å². The second-order valence-corrected chi connectivity index (χ2v) is 7.03. The zero-order valence-electron chi connectivity index (χ0n) is 13.9. The molecule has 26 heavy (non-hydrogen) atoms. The highest BCUT2D eigenvalue weighted by molar-refractivity contribution is 7.13. The Labute approximate surface area is 154 Å². The molecule has 0 aliphatic heterocycles. The van der Waals surface area contributed by atoms with Crippen molar-refractivity contribution in [3.05, 3.63) is 46.7 Å². The van der Waals surface area contributed by atoms with Crippen molar-refractivity contribution < 1.29 is 4.74 Å². The molecule has 2 N–H and O–H groups in total. The first-order valence-electron chi connectivity index (χ1n) is 8.33. The average molecular weight is 364 g/mol. The lowest BCUT2D eigenvalue weighted by Crippen LogP contribution is -2.04. The van der Waals surface area contributed by atoms with Crippen LogP contribution in [0.1, 0.15) is 34.9 Å². The van der Waals surface area contributed by atoms with Crippen LogP contribution in [0.25, 0.3) is 11.4 Å². The summed E-state index contributed by atoms with van der Waals surface area (Å²) in [4.78, 5) is 8.81. The van der Waals surface area contributed by atoms with Crippen molar-refractivity contribution in [2.45, 2.75) is 25.2 Å². The number of nitriles is 1. The highest BCUT2D eigenvalue weighted by Gasteiger charge is 2.28. The lowest BCUT2D eigenvalue weighted by molar-refractivity contribution is 0.474. The molecule has 0 bridgehead atoms. The maximum Gasteiger partial charge on any atom is 0.299 e. The Hall–Kier alpha value is -2.89. The van der Waals surface area contributed by atoms with Crippen LogP contribution >= 0.6 is 11.3 Å². The standard InChI is InChI=1S/C18H16N6OS/c19-6-5-12-9-21-16(22-10-12)14-4-1-11(8-20)7-15(14)25-18-24-23-17(26-18)13-2-3-13/h1,4,7,9-10,13H,2-3,5-6,19H2. The van der Waals surface area contributed by atoms with E-state index < -0.39 is 0 Å². The molecule has 1 aliphatic rings. The Morgan fingerprint density at radius 3 is 2.73 bits per heavy atom. The summed E-state index contributed by atoms with van der Waals surface area (Å²) in [7, 11) is 0. The van der Waals surface area contributed by atoms with Crippen LogP contribution in [0, 0.1) is 11.3 Å². The van der Waals surface area contributed by atoms with Crippen molar-refractivity contribution in [2.75, 3.05) is 6.54 Å². The second kappa shape index (κ2) is 7.15. The summed E-state index contributed by atoms with van der Waals surface area (Å²) in [6.45, 7) is 0.550. The van der Waals surface area contributed by atoms with Gasteiger partial charge in [-0.1, -0.05) is 16.4 Å². The lowest BCUT2D eigenvalue weighted by atomic mass is 10.1. The largest absolute Gasteiger partial charge is 0.429 e. The van der Waals surface area contributed by atoms with Crippen LogP contribution in [0.3, 0.4) is 0 Å². The minimum Gasteiger partial charge on any atom is -0.429 e. The molecule has 8 heteroatoms. The normalized spacial score (nSPS) is 13.4. The fraction of sp³-hybridized carbons (Fsp3) is 0.278. The van der Waals surface area contributed by atoms with Crippen LogP contribution in [-0.4, -0.2) is 26.7 Å². The first-order valence-corrected chi connectivity index (χ1v) is 9.15. The molecule has 7 nitrogen and oxygen atoms in total. The van der Waals surface area contributed by atoms with Crippen molar-refractivity contribution in [1.29, 1.82) is 5.26 Å². The topological polar surface area (TPSA) is 111 Å². The molecule has 0 unspecified atom stereocenters. The third-order valence-electron chi connectivity index (χ3n) is 4.04. The van der Waals surface area contributed by atoms with Gasteiger partial charge in [0.1, 0.15) is 10.8 Å². The summed E-state index contributed by atoms with van der Waals surface area (Å²) in [5.41, 5.74) is 7.74. The van der Waals surface area contributed by atoms with Crippen molar-refractivity contribution >= 4 is 11.3 Å². The van der Waals surface area contributed by atoms with Gasteiger partial charge in [-0.25, -0.2) is 9.97 Å². The molecule has 2 heterocycles. The first kappa shape index (κ1) is 16.6. The van der Waals surface area contributed by atoms with Gasteiger partial charge in [0, 0.05) is 18.3 Å². The molecule has 1 aliphatic carbocycles. The van der Waals surface area contributed by atoms with Gasteiger partial charge in [0.2, 0.25) is 0 Å². The van der Waals surface area contributed by atoms with E-state index in [4.69, 9.17) is 10.5 Å². The van der Waals surface area contributed by atoms with Crippen LogP contribution in [0.2, 0.25) is 0 Å². The zero-order valence-corrected chi connectivity index (χ0v) is 14.7. The number of hydrogen-bond acceptors (Lipinski definition) is 8. The third-order valence-corrected chi connectivity index (χ3v) is 5.00. The van der Waals surface area contributed by atoms with E-state index in [0.717, 1.165) is 29.8 Å². The summed E-state index contributed by atoms with van der Waals surface area (Å²) in [5, 5.41) is 19.0. The minimum absolute atomic E-state index is 0.461. The molecular weight excluding hydrogens is 348 g/mol. The van der Waals surface area contributed by atoms with Gasteiger partial charge in [-0.2, -0.15) is 5.26 Å². The molecule has 1 aromatic carbocycles. The maximum atomic E-state index is 9.20. The molecule has 0 atom stereocenters. The Balaban J connectivity index is 1.66. The summed E-state index contributed by atoms with van der Waals surface area (Å²) in [5.74, 6) is 1.54. The molecule has 0 radical (unpaired) electrons. The lowest BCUT2D eigenvalue weighted by Gasteiger charge is -2.09. The molecular formula is C18H16N6OS. The zero-order chi connectivity index (χ0) is 17.9. The van der Waals surface area contributed by atoms with Crippen LogP contribution in [-0.2, 0) is 6.42 Å². The van der Waals surface area contributed by atoms with E-state index in [9.17, 15) is 5.26 Å². The molecule has 2 aromatic heterocycles. The molecule has 3 aromatic rings. The summed E-state index contributed by atoms with van der Waals surface area (Å²) in [6.07, 6.45) is 6.56. The monoisotopic (exact) mass is 364 g/mol. The van der Waals surface area contributed by atoms with Gasteiger partial charge in [0.05, 0.1) is 17.2 Å². The van der Waals surface area contributed by atoms with E-state index in [1.54, 1.807) is 30.6 Å². The van der Waals surface area contributed by atoms with Gasteiger partial charge >= 0.3 is 0 Å². The van der Waals surface area contributed by atoms with Gasteiger partial charge in [0.25, 0.3) is 5.19 Å². The molecule has 0 saturated heterocycles. The van der Waals surface area contributed by atoms with Crippen LogP contribution in [0.15, 0.2) is 30.6 Å². The fourth-order valence-corrected chi connectivity index (χ4v) is 3.38. The summed E-state index contributed by atoms with van der Waals surface area (Å²) in [6, 6.07) is 7.30. The fourth-order valence-electron chi connectivity index (χ4n) is 2.50. The Kier molecular flexibility index (Phi) is 4.56. The molecule has 130 valence electrons. The highest BCUT2D eigenvalue weighted by atomic mass is 32.1. The smallest absolute Gasteiger partial charge is 0.299 e. The minimum atomic E-state index is 0.461. The van der Waals surface area contributed by atoms with E-state index in [2.05, 4.69) is 26.2 Å². The predicted molar refractivity (Wildman–Crippen MR) is 96.9 cm³/mol. The number of aromatic nitrogens is 4. The third kappa shape index (κ3) is 3.54. The maximum absolute atomic E-state index is 9.20. The van der Waals surface area contributed by atoms with Gasteiger partial charge in [-0.05, 0) is 49.6 Å². The van der Waals surface area contributed by atoms with Gasteiger partial charge < -0.3 is 10.5 Å². The average Bonchev–Trinajstić information content (AvgIpc) is 3.42. The number of nitrogens with two attached hydrogens (primary N) is 1. The van der Waals surface area contributed by atoms with Gasteiger partial charge in [-0.3, -0.25) is 0 Å². The number of rotatable bonds is 6. The van der Waals surface area contributed by atoms with Crippen LogP contribution in [0.5, 0.6) is 10.9 Å². The van der Waals surface area contributed by atoms with Crippen molar-refractivity contribution in [3.63, 3.8) is 0 Å². The Morgan fingerprint density at radius 2 is 2.04 bits per heavy atom. The van der Waals surface area contributed by atoms with Crippen molar-refractivity contribution in [1.82, 2.24) is 20.2 Å². The second-order valence-electron chi connectivity index (χ2n) is 6.06. The summed E-state index contributed by atoms with van der Waals surface area (Å²) >= 11 is 1.44. The van der Waals surface area contributed by atoms with E-state index in [1.807, 2.05) is 0 Å². The molecule has 0 spiro atoms. The van der Waals surface area contributed by atoms with E-state index >= 15 is 0 Å². The number of benzene rings is 1. The van der Waals surface area contributed by atoms with Crippen LogP contribution < -0.4 is 10.5 Å². The number of hydrogen-bond donors (Lipinski definition) is 1. The highest BCUT2D eigenvalue weighted by Crippen LogP contribution is 2.43. The van der Waals surface area contributed by atoms with E-state index in [0.29, 0.717) is 40.4 Å². The molecule has 1 fully saturated rings. The number of ether oxygens (including phenoxy) is 1. The van der Waals surface area contributed by atoms with E-state index in [-0.39, 0.29) is 0 Å². The molecule has 4 rings (SSSR count).